The third-order valence-corrected chi connectivity index (χ3v) is 3.05. The number of carbonyl (C=O) groups is 3. The molecule has 0 radical (unpaired) electrons. The molecule has 3 amide bonds. The Morgan fingerprint density at radius 1 is 1.39 bits per heavy atom. The predicted octanol–water partition coefficient (Wildman–Crippen LogP) is -0.245. The molecule has 0 aliphatic carbocycles. The maximum Gasteiger partial charge on any atom is 0.326 e. The van der Waals surface area contributed by atoms with Gasteiger partial charge in [-0.25, -0.2) is 9.59 Å². The van der Waals surface area contributed by atoms with Crippen LogP contribution in [0.4, 0.5) is 4.79 Å². The summed E-state index contributed by atoms with van der Waals surface area (Å²) in [4.78, 5) is 35.4. The van der Waals surface area contributed by atoms with Crippen LogP contribution < -0.4 is 11.1 Å². The van der Waals surface area contributed by atoms with Crippen molar-refractivity contribution in [3.8, 4) is 0 Å². The number of primary amides is 1. The van der Waals surface area contributed by atoms with Crippen LogP contribution in [-0.4, -0.2) is 46.5 Å². The number of carboxylic acids is 1. The maximum absolute atomic E-state index is 12.2. The summed E-state index contributed by atoms with van der Waals surface area (Å²) >= 11 is 0. The quantitative estimate of drug-likeness (QED) is 0.644. The van der Waals surface area contributed by atoms with Crippen LogP contribution in [0.15, 0.2) is 0 Å². The molecule has 1 saturated heterocycles. The molecule has 1 fully saturated rings. The van der Waals surface area contributed by atoms with Gasteiger partial charge in [0.25, 0.3) is 0 Å². The largest absolute Gasteiger partial charge is 0.480 e. The number of hydrogen-bond donors (Lipinski definition) is 3. The Kier molecular flexibility index (Phi) is 4.52. The summed E-state index contributed by atoms with van der Waals surface area (Å²) in [5.74, 6) is -1.55. The lowest BCUT2D eigenvalue weighted by Gasteiger charge is -2.28. The Labute approximate surface area is 105 Å². The minimum atomic E-state index is -1.01. The zero-order valence-electron chi connectivity index (χ0n) is 10.5. The average molecular weight is 257 g/mol. The van der Waals surface area contributed by atoms with Gasteiger partial charge < -0.3 is 21.1 Å². The first-order valence-corrected chi connectivity index (χ1v) is 5.93. The normalized spacial score (nSPS) is 20.8. The zero-order chi connectivity index (χ0) is 13.9. The van der Waals surface area contributed by atoms with E-state index in [2.05, 4.69) is 5.32 Å². The first-order valence-electron chi connectivity index (χ1n) is 5.93. The third kappa shape index (κ3) is 3.12. The first kappa shape index (κ1) is 14.3. The van der Waals surface area contributed by atoms with Gasteiger partial charge >= 0.3 is 12.0 Å². The number of rotatable bonds is 4. The average Bonchev–Trinajstić information content (AvgIpc) is 2.73. The fraction of sp³-hybridized carbons (Fsp3) is 0.727. The SMILES string of the molecule is CC(C)C(NC(N)=O)C(=O)N1CCCC1C(=O)O. The number of aliphatic carboxylic acids is 1. The summed E-state index contributed by atoms with van der Waals surface area (Å²) in [6.07, 6.45) is 1.10. The molecule has 1 heterocycles. The van der Waals surface area contributed by atoms with Gasteiger partial charge in [-0.15, -0.1) is 0 Å². The smallest absolute Gasteiger partial charge is 0.326 e. The van der Waals surface area contributed by atoms with E-state index in [0.29, 0.717) is 19.4 Å². The van der Waals surface area contributed by atoms with Crippen LogP contribution >= 0.6 is 0 Å². The van der Waals surface area contributed by atoms with E-state index in [1.54, 1.807) is 13.8 Å². The molecule has 0 aromatic rings. The van der Waals surface area contributed by atoms with E-state index in [1.807, 2.05) is 0 Å². The summed E-state index contributed by atoms with van der Waals surface area (Å²) in [5.41, 5.74) is 5.02. The van der Waals surface area contributed by atoms with Crippen LogP contribution in [0.25, 0.3) is 0 Å². The van der Waals surface area contributed by atoms with Gasteiger partial charge in [0, 0.05) is 6.54 Å². The number of nitrogens with two attached hydrogens (primary N) is 1. The van der Waals surface area contributed by atoms with Crippen molar-refractivity contribution >= 4 is 17.9 Å². The Bertz CT molecular complexity index is 352. The van der Waals surface area contributed by atoms with Crippen LogP contribution in [0.3, 0.4) is 0 Å². The number of carboxylic acid groups (broad SMARTS) is 1. The molecule has 1 aliphatic rings. The molecule has 7 heteroatoms. The summed E-state index contributed by atoms with van der Waals surface area (Å²) in [7, 11) is 0. The molecule has 2 atom stereocenters. The van der Waals surface area contributed by atoms with Crippen LogP contribution in [0, 0.1) is 5.92 Å². The topological polar surface area (TPSA) is 113 Å². The van der Waals surface area contributed by atoms with Crippen LogP contribution in [0.1, 0.15) is 26.7 Å². The van der Waals surface area contributed by atoms with Crippen molar-refractivity contribution in [1.29, 1.82) is 0 Å². The van der Waals surface area contributed by atoms with E-state index in [0.717, 1.165) is 0 Å². The van der Waals surface area contributed by atoms with Crippen molar-refractivity contribution in [1.82, 2.24) is 10.2 Å². The van der Waals surface area contributed by atoms with Gasteiger partial charge in [0.2, 0.25) is 5.91 Å². The molecule has 0 saturated carbocycles. The molecular formula is C11H19N3O4. The summed E-state index contributed by atoms with van der Waals surface area (Å²) < 4.78 is 0. The molecule has 0 spiro atoms. The minimum absolute atomic E-state index is 0.153. The summed E-state index contributed by atoms with van der Waals surface area (Å²) in [6.45, 7) is 3.94. The number of nitrogens with zero attached hydrogens (tertiary/aromatic N) is 1. The maximum atomic E-state index is 12.2. The van der Waals surface area contributed by atoms with E-state index >= 15 is 0 Å². The monoisotopic (exact) mass is 257 g/mol. The predicted molar refractivity (Wildman–Crippen MR) is 63.7 cm³/mol. The fourth-order valence-electron chi connectivity index (χ4n) is 2.13. The van der Waals surface area contributed by atoms with Crippen LogP contribution in [0.2, 0.25) is 0 Å². The Balaban J connectivity index is 2.82. The first-order chi connectivity index (χ1) is 8.34. The second-order valence-corrected chi connectivity index (χ2v) is 4.76. The van der Waals surface area contributed by atoms with E-state index in [-0.39, 0.29) is 11.8 Å². The van der Waals surface area contributed by atoms with E-state index in [1.165, 1.54) is 4.90 Å². The second kappa shape index (κ2) is 5.70. The molecule has 18 heavy (non-hydrogen) atoms. The van der Waals surface area contributed by atoms with Gasteiger partial charge in [-0.3, -0.25) is 4.79 Å². The Morgan fingerprint density at radius 3 is 2.44 bits per heavy atom. The van der Waals surface area contributed by atoms with E-state index in [4.69, 9.17) is 10.8 Å². The molecule has 4 N–H and O–H groups in total. The van der Waals surface area contributed by atoms with E-state index < -0.39 is 24.1 Å². The van der Waals surface area contributed by atoms with Gasteiger partial charge in [-0.1, -0.05) is 13.8 Å². The molecule has 0 aromatic heterocycles. The van der Waals surface area contributed by atoms with Gasteiger partial charge in [-0.05, 0) is 18.8 Å². The van der Waals surface area contributed by atoms with Crippen molar-refractivity contribution in [3.05, 3.63) is 0 Å². The highest BCUT2D eigenvalue weighted by Crippen LogP contribution is 2.20. The van der Waals surface area contributed by atoms with Crippen molar-refractivity contribution in [2.24, 2.45) is 11.7 Å². The van der Waals surface area contributed by atoms with Gasteiger partial charge in [0.1, 0.15) is 12.1 Å². The number of hydrogen-bond acceptors (Lipinski definition) is 3. The van der Waals surface area contributed by atoms with Crippen LogP contribution in [0.5, 0.6) is 0 Å². The number of likely N-dealkylation sites (tertiary alicyclic amines) is 1. The van der Waals surface area contributed by atoms with Crippen molar-refractivity contribution in [3.63, 3.8) is 0 Å². The lowest BCUT2D eigenvalue weighted by molar-refractivity contribution is -0.149. The third-order valence-electron chi connectivity index (χ3n) is 3.05. The minimum Gasteiger partial charge on any atom is -0.480 e. The highest BCUT2D eigenvalue weighted by Gasteiger charge is 2.38. The van der Waals surface area contributed by atoms with E-state index in [9.17, 15) is 14.4 Å². The van der Waals surface area contributed by atoms with Gasteiger partial charge in [0.15, 0.2) is 0 Å². The molecule has 1 aliphatic heterocycles. The molecule has 7 nitrogen and oxygen atoms in total. The standard InChI is InChI=1S/C11H19N3O4/c1-6(2)8(13-11(12)18)9(15)14-5-3-4-7(14)10(16)17/h6-8H,3-5H2,1-2H3,(H,16,17)(H3,12,13,18). The molecular weight excluding hydrogens is 238 g/mol. The molecule has 0 bridgehead atoms. The number of amides is 3. The lowest BCUT2D eigenvalue weighted by Crippen LogP contribution is -2.54. The number of urea groups is 1. The second-order valence-electron chi connectivity index (χ2n) is 4.76. The lowest BCUT2D eigenvalue weighted by atomic mass is 10.0. The number of carbonyl (C=O) groups excluding carboxylic acids is 2. The summed E-state index contributed by atoms with van der Waals surface area (Å²) in [5, 5.41) is 11.4. The molecule has 102 valence electrons. The Morgan fingerprint density at radius 2 is 2.00 bits per heavy atom. The molecule has 0 aromatic carbocycles. The van der Waals surface area contributed by atoms with Crippen molar-refractivity contribution in [2.45, 2.75) is 38.8 Å². The number of nitrogens with one attached hydrogen (secondary N) is 1. The van der Waals surface area contributed by atoms with Gasteiger partial charge in [-0.2, -0.15) is 0 Å². The zero-order valence-corrected chi connectivity index (χ0v) is 10.5. The van der Waals surface area contributed by atoms with Crippen molar-refractivity contribution in [2.75, 3.05) is 6.54 Å². The summed E-state index contributed by atoms with van der Waals surface area (Å²) in [6, 6.07) is -2.36. The highest BCUT2D eigenvalue weighted by molar-refractivity contribution is 5.90. The van der Waals surface area contributed by atoms with Gasteiger partial charge in [0.05, 0.1) is 0 Å². The Hall–Kier alpha value is -1.79. The molecule has 2 unspecified atom stereocenters. The van der Waals surface area contributed by atoms with Crippen molar-refractivity contribution < 1.29 is 19.5 Å². The highest BCUT2D eigenvalue weighted by atomic mass is 16.4. The van der Waals surface area contributed by atoms with Crippen LogP contribution in [-0.2, 0) is 9.59 Å². The molecule has 1 rings (SSSR count). The fourth-order valence-corrected chi connectivity index (χ4v) is 2.13.